The summed E-state index contributed by atoms with van der Waals surface area (Å²) in [4.78, 5) is 31.6. The predicted octanol–water partition coefficient (Wildman–Crippen LogP) is 5.00. The quantitative estimate of drug-likeness (QED) is 0.149. The minimum Gasteiger partial charge on any atom is -0.390 e. The maximum atomic E-state index is 14.1. The SMILES string of the molecule is CC(C)CN(C[C@@H](O)C(Cc1ccccc1)N(NC(=O)CNCc1ccccc1)C(=O)CC(C)(C)C)S(=O)(=O)c1ccc2ncsc2c1. The number of hydrogen-bond donors (Lipinski definition) is 3. The monoisotopic (exact) mass is 693 g/mol. The summed E-state index contributed by atoms with van der Waals surface area (Å²) in [6.07, 6.45) is -1.09. The van der Waals surface area contributed by atoms with E-state index in [0.717, 1.165) is 15.8 Å². The lowest BCUT2D eigenvalue weighted by Gasteiger charge is -2.38. The first kappa shape index (κ1) is 37.1. The third-order valence-corrected chi connectivity index (χ3v) is 10.2. The van der Waals surface area contributed by atoms with E-state index >= 15 is 0 Å². The number of nitrogens with one attached hydrogen (secondary N) is 2. The van der Waals surface area contributed by atoms with Gasteiger partial charge in [-0.3, -0.25) is 15.0 Å². The van der Waals surface area contributed by atoms with Crippen molar-refractivity contribution in [2.45, 2.75) is 71.0 Å². The maximum absolute atomic E-state index is 14.1. The number of aliphatic hydroxyl groups is 1. The number of hydrazine groups is 1. The van der Waals surface area contributed by atoms with Gasteiger partial charge in [0, 0.05) is 26.1 Å². The van der Waals surface area contributed by atoms with Gasteiger partial charge in [-0.2, -0.15) is 4.31 Å². The number of benzene rings is 3. The molecule has 2 atom stereocenters. The summed E-state index contributed by atoms with van der Waals surface area (Å²) >= 11 is 1.35. The average molecular weight is 694 g/mol. The minimum atomic E-state index is -4.05. The van der Waals surface area contributed by atoms with E-state index in [2.05, 4.69) is 15.7 Å². The molecule has 12 heteroatoms. The molecule has 0 aliphatic heterocycles. The highest BCUT2D eigenvalue weighted by molar-refractivity contribution is 7.89. The van der Waals surface area contributed by atoms with E-state index in [1.807, 2.05) is 95.3 Å². The van der Waals surface area contributed by atoms with Crippen molar-refractivity contribution in [3.8, 4) is 0 Å². The molecule has 258 valence electrons. The number of rotatable bonds is 15. The molecule has 3 aromatic carbocycles. The molecule has 0 fully saturated rings. The van der Waals surface area contributed by atoms with Gasteiger partial charge in [0.25, 0.3) is 5.91 Å². The maximum Gasteiger partial charge on any atom is 0.252 e. The number of aromatic nitrogens is 1. The first-order chi connectivity index (χ1) is 22.7. The van der Waals surface area contributed by atoms with Crippen LogP contribution in [0.2, 0.25) is 0 Å². The first-order valence-corrected chi connectivity index (χ1v) is 18.5. The van der Waals surface area contributed by atoms with Gasteiger partial charge >= 0.3 is 0 Å². The third-order valence-electron chi connectivity index (χ3n) is 7.62. The Labute approximate surface area is 288 Å². The Morgan fingerprint density at radius 2 is 1.58 bits per heavy atom. The van der Waals surface area contributed by atoms with Crippen LogP contribution in [0.1, 0.15) is 52.2 Å². The van der Waals surface area contributed by atoms with E-state index in [9.17, 15) is 23.1 Å². The van der Waals surface area contributed by atoms with Crippen molar-refractivity contribution >= 4 is 43.4 Å². The van der Waals surface area contributed by atoms with Gasteiger partial charge < -0.3 is 10.4 Å². The summed E-state index contributed by atoms with van der Waals surface area (Å²) in [5, 5.41) is 16.3. The van der Waals surface area contributed by atoms with Crippen LogP contribution in [-0.4, -0.2) is 71.4 Å². The number of carbonyl (C=O) groups is 2. The zero-order chi connectivity index (χ0) is 34.9. The van der Waals surface area contributed by atoms with Gasteiger partial charge in [0.15, 0.2) is 0 Å². The van der Waals surface area contributed by atoms with E-state index < -0.39 is 33.5 Å². The summed E-state index contributed by atoms with van der Waals surface area (Å²) in [6, 6.07) is 22.8. The van der Waals surface area contributed by atoms with E-state index in [4.69, 9.17) is 0 Å². The molecular weight excluding hydrogens is 647 g/mol. The minimum absolute atomic E-state index is 0.0549. The number of nitrogens with zero attached hydrogens (tertiary/aromatic N) is 3. The topological polar surface area (TPSA) is 132 Å². The summed E-state index contributed by atoms with van der Waals surface area (Å²) in [6.45, 7) is 9.81. The third kappa shape index (κ3) is 10.7. The molecule has 0 saturated heterocycles. The Balaban J connectivity index is 1.65. The van der Waals surface area contributed by atoms with Crippen molar-refractivity contribution in [2.75, 3.05) is 19.6 Å². The number of thiazole rings is 1. The Bertz CT molecular complexity index is 1740. The van der Waals surface area contributed by atoms with Crippen LogP contribution in [0.25, 0.3) is 10.2 Å². The second-order valence-electron chi connectivity index (χ2n) is 13.6. The molecule has 48 heavy (non-hydrogen) atoms. The zero-order valence-corrected chi connectivity index (χ0v) is 29.9. The highest BCUT2D eigenvalue weighted by atomic mass is 32.2. The predicted molar refractivity (Wildman–Crippen MR) is 190 cm³/mol. The number of aliphatic hydroxyl groups excluding tert-OH is 1. The summed E-state index contributed by atoms with van der Waals surface area (Å²) in [7, 11) is -4.05. The largest absolute Gasteiger partial charge is 0.390 e. The lowest BCUT2D eigenvalue weighted by atomic mass is 9.91. The fourth-order valence-corrected chi connectivity index (χ4v) is 7.81. The molecule has 0 aliphatic carbocycles. The summed E-state index contributed by atoms with van der Waals surface area (Å²) < 4.78 is 30.2. The molecule has 0 spiro atoms. The van der Waals surface area contributed by atoms with Crippen LogP contribution >= 0.6 is 11.3 Å². The second-order valence-corrected chi connectivity index (χ2v) is 16.5. The molecule has 4 aromatic rings. The summed E-state index contributed by atoms with van der Waals surface area (Å²) in [5.41, 5.74) is 6.55. The van der Waals surface area contributed by atoms with Crippen LogP contribution in [0, 0.1) is 11.3 Å². The summed E-state index contributed by atoms with van der Waals surface area (Å²) in [5.74, 6) is -0.892. The van der Waals surface area contributed by atoms with Crippen LogP contribution in [0.4, 0.5) is 0 Å². The van der Waals surface area contributed by atoms with Gasteiger partial charge in [-0.25, -0.2) is 18.4 Å². The molecule has 4 rings (SSSR count). The van der Waals surface area contributed by atoms with Crippen LogP contribution in [0.5, 0.6) is 0 Å². The van der Waals surface area contributed by atoms with Crippen molar-refractivity contribution in [3.63, 3.8) is 0 Å². The van der Waals surface area contributed by atoms with Crippen molar-refractivity contribution in [2.24, 2.45) is 11.3 Å². The first-order valence-electron chi connectivity index (χ1n) is 16.1. The normalized spacial score (nSPS) is 13.5. The molecule has 2 amide bonds. The highest BCUT2D eigenvalue weighted by Crippen LogP contribution is 2.26. The molecule has 1 aromatic heterocycles. The van der Waals surface area contributed by atoms with Gasteiger partial charge in [0.1, 0.15) is 0 Å². The fourth-order valence-electron chi connectivity index (χ4n) is 5.37. The number of amides is 2. The van der Waals surface area contributed by atoms with Gasteiger partial charge in [-0.05, 0) is 47.1 Å². The van der Waals surface area contributed by atoms with Crippen LogP contribution in [0.15, 0.2) is 89.3 Å². The molecule has 10 nitrogen and oxygen atoms in total. The van der Waals surface area contributed by atoms with Gasteiger partial charge in [0.2, 0.25) is 15.9 Å². The van der Waals surface area contributed by atoms with E-state index in [1.165, 1.54) is 26.7 Å². The average Bonchev–Trinajstić information content (AvgIpc) is 3.50. The number of sulfonamides is 1. The van der Waals surface area contributed by atoms with Crippen LogP contribution in [-0.2, 0) is 32.6 Å². The van der Waals surface area contributed by atoms with Crippen molar-refractivity contribution < 1.29 is 23.1 Å². The number of fused-ring (bicyclic) bond motifs is 1. The molecule has 3 N–H and O–H groups in total. The molecule has 0 saturated carbocycles. The van der Waals surface area contributed by atoms with Crippen molar-refractivity contribution in [3.05, 3.63) is 95.5 Å². The highest BCUT2D eigenvalue weighted by Gasteiger charge is 2.37. The molecule has 0 aliphatic rings. The van der Waals surface area contributed by atoms with Crippen LogP contribution < -0.4 is 10.7 Å². The van der Waals surface area contributed by atoms with Gasteiger partial charge in [-0.1, -0.05) is 95.3 Å². The van der Waals surface area contributed by atoms with E-state index in [0.29, 0.717) is 12.1 Å². The Morgan fingerprint density at radius 1 is 0.938 bits per heavy atom. The van der Waals surface area contributed by atoms with Crippen LogP contribution in [0.3, 0.4) is 0 Å². The van der Waals surface area contributed by atoms with Crippen molar-refractivity contribution in [1.29, 1.82) is 0 Å². The number of hydrogen-bond acceptors (Lipinski definition) is 8. The lowest BCUT2D eigenvalue weighted by Crippen LogP contribution is -2.60. The standard InChI is InChI=1S/C36H47N5O5S2/c1-26(2)23-40(48(45,46)29-16-17-30-33(19-29)47-25-38-30)24-32(42)31(18-27-12-8-6-9-13-27)41(35(44)20-36(3,4)5)39-34(43)22-37-21-28-14-10-7-11-15-28/h6-17,19,25-26,31-32,37,42H,18,20-24H2,1-5H3,(H,39,43)/t31?,32-/m1/s1. The Morgan fingerprint density at radius 3 is 2.21 bits per heavy atom. The molecular formula is C36H47N5O5S2. The molecule has 0 bridgehead atoms. The van der Waals surface area contributed by atoms with E-state index in [-0.39, 0.29) is 49.2 Å². The van der Waals surface area contributed by atoms with Gasteiger partial charge in [0.05, 0.1) is 39.3 Å². The molecule has 0 radical (unpaired) electrons. The van der Waals surface area contributed by atoms with Crippen molar-refractivity contribution in [1.82, 2.24) is 25.0 Å². The smallest absolute Gasteiger partial charge is 0.252 e. The second kappa shape index (κ2) is 16.6. The zero-order valence-electron chi connectivity index (χ0n) is 28.3. The lowest BCUT2D eigenvalue weighted by molar-refractivity contribution is -0.149. The molecule has 1 unspecified atom stereocenters. The van der Waals surface area contributed by atoms with E-state index in [1.54, 1.807) is 17.6 Å². The number of carbonyl (C=O) groups excluding carboxylic acids is 2. The fraction of sp³-hybridized carbons (Fsp3) is 0.417. The molecule has 1 heterocycles. The Kier molecular flexibility index (Phi) is 12.9. The van der Waals surface area contributed by atoms with Gasteiger partial charge in [-0.15, -0.1) is 11.3 Å². The Hall–Kier alpha value is -3.68.